The lowest BCUT2D eigenvalue weighted by Gasteiger charge is -2.08. The van der Waals surface area contributed by atoms with Gasteiger partial charge in [-0.25, -0.2) is 4.98 Å². The molecular weight excluding hydrogens is 280 g/mol. The zero-order chi connectivity index (χ0) is 13.4. The van der Waals surface area contributed by atoms with Gasteiger partial charge in [0.15, 0.2) is 0 Å². The fourth-order valence-corrected chi connectivity index (χ4v) is 2.95. The van der Waals surface area contributed by atoms with Crippen molar-refractivity contribution in [3.63, 3.8) is 0 Å². The molecule has 0 radical (unpaired) electrons. The largest absolute Gasteiger partial charge is 0.494 e. The van der Waals surface area contributed by atoms with E-state index < -0.39 is 0 Å². The van der Waals surface area contributed by atoms with Crippen LogP contribution in [0.15, 0.2) is 35.0 Å². The second-order valence-electron chi connectivity index (χ2n) is 4.23. The molecule has 0 N–H and O–H groups in total. The number of fused-ring (bicyclic) bond motifs is 1. The Labute approximate surface area is 120 Å². The molecular formula is C14H13ClN2OS. The molecule has 3 aromatic rings. The van der Waals surface area contributed by atoms with Crippen LogP contribution in [0.2, 0.25) is 0 Å². The van der Waals surface area contributed by atoms with Crippen molar-refractivity contribution in [1.82, 2.24) is 9.55 Å². The van der Waals surface area contributed by atoms with Crippen LogP contribution in [0.1, 0.15) is 18.1 Å². The van der Waals surface area contributed by atoms with Crippen LogP contribution in [0.4, 0.5) is 0 Å². The number of hydrogen-bond acceptors (Lipinski definition) is 3. The van der Waals surface area contributed by atoms with Gasteiger partial charge in [0.1, 0.15) is 17.1 Å². The normalized spacial score (nSPS) is 12.8. The number of nitrogens with zero attached hydrogens (tertiary/aromatic N) is 2. The Morgan fingerprint density at radius 3 is 2.84 bits per heavy atom. The van der Waals surface area contributed by atoms with Crippen LogP contribution in [0, 0.1) is 0 Å². The van der Waals surface area contributed by atoms with Gasteiger partial charge in [0.25, 0.3) is 0 Å². The second-order valence-corrected chi connectivity index (χ2v) is 5.67. The van der Waals surface area contributed by atoms with E-state index in [4.69, 9.17) is 16.3 Å². The highest BCUT2D eigenvalue weighted by Crippen LogP contribution is 2.32. The molecule has 0 saturated heterocycles. The van der Waals surface area contributed by atoms with Gasteiger partial charge >= 0.3 is 0 Å². The Hall–Kier alpha value is -1.52. The topological polar surface area (TPSA) is 27.1 Å². The Balaban J connectivity index is 2.37. The summed E-state index contributed by atoms with van der Waals surface area (Å²) in [4.78, 5) is 4.65. The highest BCUT2D eigenvalue weighted by Gasteiger charge is 2.18. The van der Waals surface area contributed by atoms with Crippen LogP contribution in [0.25, 0.3) is 16.7 Å². The van der Waals surface area contributed by atoms with Crippen LogP contribution in [0.5, 0.6) is 5.75 Å². The molecule has 0 spiro atoms. The summed E-state index contributed by atoms with van der Waals surface area (Å²) in [7, 11) is 1.65. The first-order chi connectivity index (χ1) is 9.22. The monoisotopic (exact) mass is 292 g/mol. The number of methoxy groups -OCH3 is 1. The van der Waals surface area contributed by atoms with Crippen LogP contribution in [-0.2, 0) is 0 Å². The van der Waals surface area contributed by atoms with Crippen LogP contribution in [0.3, 0.4) is 0 Å². The summed E-state index contributed by atoms with van der Waals surface area (Å²) in [5.41, 5.74) is 2.95. The molecule has 98 valence electrons. The van der Waals surface area contributed by atoms with Gasteiger partial charge in [-0.3, -0.25) is 4.57 Å². The third-order valence-electron chi connectivity index (χ3n) is 3.01. The van der Waals surface area contributed by atoms with Gasteiger partial charge in [-0.2, -0.15) is 11.3 Å². The number of imidazole rings is 1. The summed E-state index contributed by atoms with van der Waals surface area (Å²) < 4.78 is 7.47. The van der Waals surface area contributed by atoms with E-state index in [2.05, 4.69) is 21.0 Å². The van der Waals surface area contributed by atoms with Crippen LogP contribution in [-0.4, -0.2) is 16.7 Å². The Morgan fingerprint density at radius 2 is 2.21 bits per heavy atom. The first-order valence-corrected chi connectivity index (χ1v) is 7.32. The van der Waals surface area contributed by atoms with E-state index in [1.165, 1.54) is 0 Å². The van der Waals surface area contributed by atoms with Crippen molar-refractivity contribution in [2.24, 2.45) is 0 Å². The lowest BCUT2D eigenvalue weighted by molar-refractivity contribution is 0.419. The molecule has 0 aliphatic carbocycles. The van der Waals surface area contributed by atoms with Gasteiger partial charge < -0.3 is 4.74 Å². The van der Waals surface area contributed by atoms with Gasteiger partial charge in [0.05, 0.1) is 23.7 Å². The number of para-hydroxylation sites is 1. The molecule has 19 heavy (non-hydrogen) atoms. The maximum absolute atomic E-state index is 6.27. The Kier molecular flexibility index (Phi) is 3.21. The molecule has 2 heterocycles. The minimum atomic E-state index is -0.169. The molecule has 1 unspecified atom stereocenters. The molecule has 0 bridgehead atoms. The summed E-state index contributed by atoms with van der Waals surface area (Å²) in [6, 6.07) is 7.98. The van der Waals surface area contributed by atoms with Crippen molar-refractivity contribution < 1.29 is 4.74 Å². The van der Waals surface area contributed by atoms with E-state index in [1.54, 1.807) is 18.4 Å². The maximum Gasteiger partial charge on any atom is 0.146 e. The number of rotatable bonds is 3. The summed E-state index contributed by atoms with van der Waals surface area (Å²) in [6.45, 7) is 1.93. The molecule has 3 rings (SSSR count). The maximum atomic E-state index is 6.27. The summed E-state index contributed by atoms with van der Waals surface area (Å²) in [5, 5.41) is 3.96. The number of alkyl halides is 1. The van der Waals surface area contributed by atoms with E-state index in [1.807, 2.05) is 30.5 Å². The van der Waals surface area contributed by atoms with Crippen molar-refractivity contribution in [3.05, 3.63) is 40.8 Å². The average Bonchev–Trinajstić information content (AvgIpc) is 3.04. The van der Waals surface area contributed by atoms with Gasteiger partial charge in [-0.1, -0.05) is 6.07 Å². The van der Waals surface area contributed by atoms with Crippen molar-refractivity contribution in [2.45, 2.75) is 12.3 Å². The fraction of sp³-hybridized carbons (Fsp3) is 0.214. The molecule has 0 aliphatic heterocycles. The molecule has 2 aromatic heterocycles. The summed E-state index contributed by atoms with van der Waals surface area (Å²) in [6.07, 6.45) is 0. The lowest BCUT2D eigenvalue weighted by atomic mass is 10.3. The van der Waals surface area contributed by atoms with Gasteiger partial charge in [-0.15, -0.1) is 11.6 Å². The first kappa shape index (κ1) is 12.5. The molecule has 0 saturated carbocycles. The van der Waals surface area contributed by atoms with Crippen molar-refractivity contribution in [2.75, 3.05) is 7.11 Å². The lowest BCUT2D eigenvalue weighted by Crippen LogP contribution is -2.00. The third kappa shape index (κ3) is 2.01. The number of hydrogen-bond donors (Lipinski definition) is 0. The highest BCUT2D eigenvalue weighted by molar-refractivity contribution is 7.08. The van der Waals surface area contributed by atoms with E-state index in [0.29, 0.717) is 0 Å². The molecule has 1 aromatic carbocycles. The zero-order valence-electron chi connectivity index (χ0n) is 10.6. The standard InChI is InChI=1S/C14H13ClN2OS/c1-9(15)14-16-13-11(4-3-5-12(13)18-2)17(14)10-6-7-19-8-10/h3-9H,1-2H3. The second kappa shape index (κ2) is 4.87. The first-order valence-electron chi connectivity index (χ1n) is 5.94. The van der Waals surface area contributed by atoms with Crippen molar-refractivity contribution in [1.29, 1.82) is 0 Å². The number of ether oxygens (including phenoxy) is 1. The molecule has 1 atom stereocenters. The van der Waals surface area contributed by atoms with E-state index in [0.717, 1.165) is 28.3 Å². The minimum absolute atomic E-state index is 0.169. The minimum Gasteiger partial charge on any atom is -0.494 e. The average molecular weight is 293 g/mol. The van der Waals surface area contributed by atoms with Crippen LogP contribution < -0.4 is 4.74 Å². The highest BCUT2D eigenvalue weighted by atomic mass is 35.5. The SMILES string of the molecule is COc1cccc2c1nc(C(C)Cl)n2-c1ccsc1. The van der Waals surface area contributed by atoms with Crippen molar-refractivity contribution in [3.8, 4) is 11.4 Å². The third-order valence-corrected chi connectivity index (χ3v) is 3.88. The van der Waals surface area contributed by atoms with Crippen molar-refractivity contribution >= 4 is 34.0 Å². The van der Waals surface area contributed by atoms with E-state index in [9.17, 15) is 0 Å². The molecule has 3 nitrogen and oxygen atoms in total. The van der Waals surface area contributed by atoms with Crippen LogP contribution >= 0.6 is 22.9 Å². The molecule has 0 aliphatic rings. The number of halogens is 1. The van der Waals surface area contributed by atoms with E-state index >= 15 is 0 Å². The summed E-state index contributed by atoms with van der Waals surface area (Å²) >= 11 is 7.93. The molecule has 0 fully saturated rings. The Morgan fingerprint density at radius 1 is 1.37 bits per heavy atom. The van der Waals surface area contributed by atoms with E-state index in [-0.39, 0.29) is 5.38 Å². The smallest absolute Gasteiger partial charge is 0.146 e. The quantitative estimate of drug-likeness (QED) is 0.669. The van der Waals surface area contributed by atoms with Gasteiger partial charge in [-0.05, 0) is 30.5 Å². The summed E-state index contributed by atoms with van der Waals surface area (Å²) in [5.74, 6) is 1.60. The molecule has 5 heteroatoms. The number of aromatic nitrogens is 2. The number of thiophene rings is 1. The Bertz CT molecular complexity index is 704. The fourth-order valence-electron chi connectivity index (χ4n) is 2.18. The van der Waals surface area contributed by atoms with Gasteiger partial charge in [0.2, 0.25) is 0 Å². The predicted octanol–water partition coefficient (Wildman–Crippen LogP) is 4.40. The zero-order valence-corrected chi connectivity index (χ0v) is 12.2. The predicted molar refractivity (Wildman–Crippen MR) is 79.8 cm³/mol. The van der Waals surface area contributed by atoms with Gasteiger partial charge in [0, 0.05) is 5.38 Å². The molecule has 0 amide bonds. The number of benzene rings is 1.